The lowest BCUT2D eigenvalue weighted by Gasteiger charge is -2.33. The summed E-state index contributed by atoms with van der Waals surface area (Å²) in [4.78, 5) is 19.5. The van der Waals surface area contributed by atoms with Crippen molar-refractivity contribution in [1.29, 1.82) is 0 Å². The highest BCUT2D eigenvalue weighted by Crippen LogP contribution is 2.31. The van der Waals surface area contributed by atoms with Gasteiger partial charge in [-0.3, -0.25) is 9.78 Å². The molecule has 1 aliphatic rings. The largest absolute Gasteiger partial charge is 0.383 e. The van der Waals surface area contributed by atoms with Crippen molar-refractivity contribution in [2.24, 2.45) is 0 Å². The Labute approximate surface area is 193 Å². The molecule has 31 heavy (non-hydrogen) atoms. The molecule has 2 atom stereocenters. The molecule has 168 valence electrons. The fourth-order valence-corrected chi connectivity index (χ4v) is 6.11. The van der Waals surface area contributed by atoms with Gasteiger partial charge in [-0.05, 0) is 50.1 Å². The first-order valence-electron chi connectivity index (χ1n) is 9.91. The summed E-state index contributed by atoms with van der Waals surface area (Å²) in [5.41, 5.74) is 0.716. The van der Waals surface area contributed by atoms with Crippen LogP contribution in [0.2, 0.25) is 10.0 Å². The average molecular weight is 486 g/mol. The molecule has 0 radical (unpaired) electrons. The minimum atomic E-state index is -3.95. The van der Waals surface area contributed by atoms with Crippen molar-refractivity contribution in [3.63, 3.8) is 0 Å². The van der Waals surface area contributed by atoms with E-state index in [0.717, 1.165) is 0 Å². The first-order valence-corrected chi connectivity index (χ1v) is 12.1. The van der Waals surface area contributed by atoms with E-state index in [4.69, 9.17) is 27.9 Å². The predicted molar refractivity (Wildman–Crippen MR) is 120 cm³/mol. The van der Waals surface area contributed by atoms with E-state index < -0.39 is 16.1 Å². The van der Waals surface area contributed by atoms with Gasteiger partial charge in [-0.2, -0.15) is 4.31 Å². The number of aromatic nitrogens is 1. The second-order valence-corrected chi connectivity index (χ2v) is 10.2. The van der Waals surface area contributed by atoms with E-state index in [0.29, 0.717) is 25.1 Å². The highest BCUT2D eigenvalue weighted by molar-refractivity contribution is 7.89. The average Bonchev–Trinajstić information content (AvgIpc) is 3.22. The molecule has 1 aliphatic heterocycles. The molecule has 1 aromatic heterocycles. The zero-order valence-corrected chi connectivity index (χ0v) is 19.7. The number of benzene rings is 1. The fraction of sp³-hybridized carbons (Fsp3) is 0.429. The van der Waals surface area contributed by atoms with Crippen molar-refractivity contribution in [3.05, 3.63) is 58.3 Å². The number of sulfonamides is 1. The number of nitrogens with zero attached hydrogens (tertiary/aromatic N) is 3. The van der Waals surface area contributed by atoms with E-state index in [-0.39, 0.29) is 40.0 Å². The molecular weight excluding hydrogens is 461 g/mol. The Morgan fingerprint density at radius 3 is 2.61 bits per heavy atom. The van der Waals surface area contributed by atoms with Crippen LogP contribution in [0, 0.1) is 0 Å². The Morgan fingerprint density at radius 1 is 1.29 bits per heavy atom. The standard InChI is InChI=1S/C21H25Cl2N3O4S/c1-15(14-30-2)25(13-18-6-3-4-8-24-18)21(27)20-7-5-9-26(20)31(28,29)19-11-16(22)10-17(23)12-19/h3-4,6,8,10-12,15,20H,5,7,9,13-14H2,1-2H3/t15-,20?/m0/s1. The van der Waals surface area contributed by atoms with Crippen LogP contribution in [-0.2, 0) is 26.1 Å². The number of carbonyl (C=O) groups is 1. The van der Waals surface area contributed by atoms with Crippen LogP contribution >= 0.6 is 23.2 Å². The molecule has 1 saturated heterocycles. The van der Waals surface area contributed by atoms with Crippen LogP contribution in [0.5, 0.6) is 0 Å². The summed E-state index contributed by atoms with van der Waals surface area (Å²) in [6, 6.07) is 8.57. The molecule has 7 nitrogen and oxygen atoms in total. The summed E-state index contributed by atoms with van der Waals surface area (Å²) in [6.07, 6.45) is 2.68. The maximum absolute atomic E-state index is 13.6. The Balaban J connectivity index is 1.91. The second kappa shape index (κ2) is 10.3. The lowest BCUT2D eigenvalue weighted by molar-refractivity contribution is -0.138. The Morgan fingerprint density at radius 2 is 2.00 bits per heavy atom. The molecule has 1 unspecified atom stereocenters. The van der Waals surface area contributed by atoms with Gasteiger partial charge >= 0.3 is 0 Å². The normalized spacial score (nSPS) is 18.1. The summed E-state index contributed by atoms with van der Waals surface area (Å²) < 4.78 is 33.2. The van der Waals surface area contributed by atoms with Crippen LogP contribution in [0.1, 0.15) is 25.5 Å². The molecular formula is C21H25Cl2N3O4S. The topological polar surface area (TPSA) is 79.8 Å². The Hall–Kier alpha value is -1.71. The molecule has 0 saturated carbocycles. The van der Waals surface area contributed by atoms with Crippen LogP contribution in [0.25, 0.3) is 0 Å². The SMILES string of the molecule is COC[C@H](C)N(Cc1ccccn1)C(=O)C1CCCN1S(=O)(=O)c1cc(Cl)cc(Cl)c1. The fourth-order valence-electron chi connectivity index (χ4n) is 3.73. The number of hydrogen-bond acceptors (Lipinski definition) is 5. The predicted octanol–water partition coefficient (Wildman–Crippen LogP) is 3.61. The molecule has 10 heteroatoms. The van der Waals surface area contributed by atoms with Crippen LogP contribution in [0.15, 0.2) is 47.5 Å². The number of hydrogen-bond donors (Lipinski definition) is 0. The first-order chi connectivity index (χ1) is 14.7. The van der Waals surface area contributed by atoms with Crippen LogP contribution in [-0.4, -0.2) is 60.9 Å². The Bertz CT molecular complexity index is 1000. The van der Waals surface area contributed by atoms with Gasteiger partial charge in [-0.15, -0.1) is 0 Å². The summed E-state index contributed by atoms with van der Waals surface area (Å²) >= 11 is 12.0. The van der Waals surface area contributed by atoms with Crippen LogP contribution in [0.4, 0.5) is 0 Å². The molecule has 2 aromatic rings. The molecule has 0 spiro atoms. The monoisotopic (exact) mass is 485 g/mol. The van der Waals surface area contributed by atoms with Crippen molar-refractivity contribution in [3.8, 4) is 0 Å². The molecule has 0 aliphatic carbocycles. The quantitative estimate of drug-likeness (QED) is 0.570. The number of methoxy groups -OCH3 is 1. The van der Waals surface area contributed by atoms with Gasteiger partial charge in [0.1, 0.15) is 6.04 Å². The minimum absolute atomic E-state index is 0.0223. The van der Waals surface area contributed by atoms with Gasteiger partial charge in [0.2, 0.25) is 15.9 Å². The van der Waals surface area contributed by atoms with E-state index in [2.05, 4.69) is 4.98 Å². The van der Waals surface area contributed by atoms with Crippen LogP contribution < -0.4 is 0 Å². The number of rotatable bonds is 8. The Kier molecular flexibility index (Phi) is 7.93. The summed E-state index contributed by atoms with van der Waals surface area (Å²) in [6.45, 7) is 2.70. The van der Waals surface area contributed by atoms with E-state index in [1.807, 2.05) is 19.1 Å². The van der Waals surface area contributed by atoms with E-state index in [9.17, 15) is 13.2 Å². The van der Waals surface area contributed by atoms with Crippen molar-refractivity contribution in [1.82, 2.24) is 14.2 Å². The number of pyridine rings is 1. The zero-order chi connectivity index (χ0) is 22.6. The van der Waals surface area contributed by atoms with Crippen molar-refractivity contribution in [2.75, 3.05) is 20.3 Å². The molecule has 0 bridgehead atoms. The van der Waals surface area contributed by atoms with Gasteiger partial charge in [-0.25, -0.2) is 8.42 Å². The number of ether oxygens (including phenoxy) is 1. The summed E-state index contributed by atoms with van der Waals surface area (Å²) in [5, 5.41) is 0.442. The molecule has 0 N–H and O–H groups in total. The van der Waals surface area contributed by atoms with Crippen molar-refractivity contribution in [2.45, 2.75) is 43.3 Å². The molecule has 1 fully saturated rings. The van der Waals surface area contributed by atoms with Gasteiger partial charge in [0.25, 0.3) is 0 Å². The smallest absolute Gasteiger partial charge is 0.243 e. The number of carbonyl (C=O) groups excluding carboxylic acids is 1. The second-order valence-electron chi connectivity index (χ2n) is 7.47. The van der Waals surface area contributed by atoms with E-state index in [1.165, 1.54) is 22.5 Å². The first kappa shape index (κ1) is 23.9. The molecule has 1 amide bonds. The van der Waals surface area contributed by atoms with Gasteiger partial charge in [0.15, 0.2) is 0 Å². The third kappa shape index (κ3) is 5.56. The maximum Gasteiger partial charge on any atom is 0.243 e. The number of halogens is 2. The lowest BCUT2D eigenvalue weighted by atomic mass is 10.1. The summed E-state index contributed by atoms with van der Waals surface area (Å²) in [5.74, 6) is -0.274. The van der Waals surface area contributed by atoms with Crippen LogP contribution in [0.3, 0.4) is 0 Å². The van der Waals surface area contributed by atoms with Crippen molar-refractivity contribution >= 4 is 39.1 Å². The van der Waals surface area contributed by atoms with E-state index >= 15 is 0 Å². The van der Waals surface area contributed by atoms with E-state index in [1.54, 1.807) is 24.3 Å². The third-order valence-corrected chi connectivity index (χ3v) is 7.54. The third-order valence-electron chi connectivity index (χ3n) is 5.21. The lowest BCUT2D eigenvalue weighted by Crippen LogP contribution is -2.51. The van der Waals surface area contributed by atoms with Crippen molar-refractivity contribution < 1.29 is 17.9 Å². The zero-order valence-electron chi connectivity index (χ0n) is 17.4. The van der Waals surface area contributed by atoms with Gasteiger partial charge in [0.05, 0.1) is 29.8 Å². The molecule has 2 heterocycles. The highest BCUT2D eigenvalue weighted by atomic mass is 35.5. The molecule has 3 rings (SSSR count). The van der Waals surface area contributed by atoms with Gasteiger partial charge in [0, 0.05) is 29.9 Å². The van der Waals surface area contributed by atoms with Gasteiger partial charge < -0.3 is 9.64 Å². The van der Waals surface area contributed by atoms with Gasteiger partial charge in [-0.1, -0.05) is 29.3 Å². The molecule has 1 aromatic carbocycles. The minimum Gasteiger partial charge on any atom is -0.383 e. The number of amides is 1. The highest BCUT2D eigenvalue weighted by Gasteiger charge is 2.42. The summed E-state index contributed by atoms with van der Waals surface area (Å²) in [7, 11) is -2.39. The maximum atomic E-state index is 13.6.